The van der Waals surface area contributed by atoms with E-state index < -0.39 is 12.0 Å². The van der Waals surface area contributed by atoms with Crippen LogP contribution < -0.4 is 14.9 Å². The maximum absolute atomic E-state index is 14.0. The molecule has 0 radical (unpaired) electrons. The summed E-state index contributed by atoms with van der Waals surface area (Å²) >= 11 is 7.41. The summed E-state index contributed by atoms with van der Waals surface area (Å²) in [6.07, 6.45) is 1.67. The summed E-state index contributed by atoms with van der Waals surface area (Å²) in [4.78, 5) is 44.5. The van der Waals surface area contributed by atoms with Gasteiger partial charge in [-0.3, -0.25) is 14.2 Å². The molecule has 0 bridgehead atoms. The van der Waals surface area contributed by atoms with Crippen LogP contribution in [0.15, 0.2) is 111 Å². The molecule has 0 N–H and O–H groups in total. The number of hydrogen-bond acceptors (Lipinski definition) is 7. The molecule has 0 saturated carbocycles. The molecule has 1 aliphatic heterocycles. The van der Waals surface area contributed by atoms with E-state index in [4.69, 9.17) is 25.7 Å². The van der Waals surface area contributed by atoms with Gasteiger partial charge >= 0.3 is 5.97 Å². The lowest BCUT2D eigenvalue weighted by Crippen LogP contribution is -2.39. The quantitative estimate of drug-likeness (QED) is 0.166. The molecule has 6 rings (SSSR count). The number of rotatable bonds is 7. The van der Waals surface area contributed by atoms with Gasteiger partial charge in [-0.2, -0.15) is 0 Å². The van der Waals surface area contributed by atoms with Crippen LogP contribution in [0.4, 0.5) is 0 Å². The third-order valence-electron chi connectivity index (χ3n) is 7.04. The van der Waals surface area contributed by atoms with E-state index in [1.54, 1.807) is 55.5 Å². The Morgan fingerprint density at radius 1 is 0.977 bits per heavy atom. The highest BCUT2D eigenvalue weighted by molar-refractivity contribution is 7.07. The molecule has 43 heavy (non-hydrogen) atoms. The molecular formula is C34H25ClN2O5S. The molecule has 214 valence electrons. The van der Waals surface area contributed by atoms with Gasteiger partial charge in [-0.05, 0) is 43.7 Å². The number of hydrogen-bond donors (Lipinski definition) is 0. The fourth-order valence-corrected chi connectivity index (χ4v) is 6.09. The normalized spacial score (nSPS) is 14.8. The van der Waals surface area contributed by atoms with Crippen molar-refractivity contribution >= 4 is 46.5 Å². The van der Waals surface area contributed by atoms with E-state index in [1.165, 1.54) is 22.8 Å². The fourth-order valence-electron chi connectivity index (χ4n) is 4.98. The zero-order chi connectivity index (χ0) is 30.1. The number of carbonyl (C=O) groups excluding carboxylic acids is 2. The van der Waals surface area contributed by atoms with Crippen molar-refractivity contribution in [3.63, 3.8) is 0 Å². The monoisotopic (exact) mass is 608 g/mol. The van der Waals surface area contributed by atoms with Gasteiger partial charge in [0, 0.05) is 27.8 Å². The number of ketones is 1. The lowest BCUT2D eigenvalue weighted by molar-refractivity contribution is -0.138. The number of benzene rings is 3. The highest BCUT2D eigenvalue weighted by Crippen LogP contribution is 2.35. The first-order chi connectivity index (χ1) is 20.8. The maximum Gasteiger partial charge on any atom is 0.338 e. The number of fused-ring (bicyclic) bond motifs is 1. The Hall–Kier alpha value is -4.79. The summed E-state index contributed by atoms with van der Waals surface area (Å²) in [7, 11) is 0. The van der Waals surface area contributed by atoms with Crippen LogP contribution in [0.5, 0.6) is 0 Å². The molecule has 7 nitrogen and oxygen atoms in total. The molecule has 0 spiro atoms. The summed E-state index contributed by atoms with van der Waals surface area (Å²) in [5, 5.41) is 0.533. The Morgan fingerprint density at radius 2 is 1.70 bits per heavy atom. The van der Waals surface area contributed by atoms with E-state index in [1.807, 2.05) is 48.5 Å². The Labute approximate surface area is 255 Å². The van der Waals surface area contributed by atoms with Crippen LogP contribution in [0.1, 0.15) is 47.1 Å². The molecule has 0 unspecified atom stereocenters. The second kappa shape index (κ2) is 11.8. The predicted molar refractivity (Wildman–Crippen MR) is 167 cm³/mol. The van der Waals surface area contributed by atoms with Crippen LogP contribution in [0.2, 0.25) is 5.02 Å². The smallest absolute Gasteiger partial charge is 0.338 e. The number of esters is 1. The van der Waals surface area contributed by atoms with E-state index >= 15 is 0 Å². The minimum atomic E-state index is -0.795. The SMILES string of the molecule is CCOC(=O)C1=C(c2ccccc2)N=c2s/c(=C\c3ccc(-c4ccc(C(C)=O)cc4)o3)c(=O)n2[C@H]1c1ccc(Cl)cc1. The molecule has 9 heteroatoms. The fraction of sp³-hybridized carbons (Fsp3) is 0.118. The van der Waals surface area contributed by atoms with E-state index in [2.05, 4.69) is 0 Å². The molecule has 0 amide bonds. The number of furan rings is 1. The van der Waals surface area contributed by atoms with Crippen LogP contribution in [0.25, 0.3) is 23.1 Å². The Morgan fingerprint density at radius 3 is 2.37 bits per heavy atom. The molecule has 0 aliphatic carbocycles. The highest BCUT2D eigenvalue weighted by Gasteiger charge is 2.35. The lowest BCUT2D eigenvalue weighted by atomic mass is 9.93. The average molecular weight is 609 g/mol. The molecule has 0 saturated heterocycles. The van der Waals surface area contributed by atoms with Gasteiger partial charge in [0.2, 0.25) is 0 Å². The van der Waals surface area contributed by atoms with Crippen LogP contribution in [0, 0.1) is 0 Å². The van der Waals surface area contributed by atoms with Crippen molar-refractivity contribution in [2.24, 2.45) is 4.99 Å². The number of thiazole rings is 1. The minimum Gasteiger partial charge on any atom is -0.463 e. The lowest BCUT2D eigenvalue weighted by Gasteiger charge is -2.25. The molecule has 2 aromatic heterocycles. The number of ether oxygens (including phenoxy) is 1. The first-order valence-electron chi connectivity index (χ1n) is 13.6. The maximum atomic E-state index is 14.0. The van der Waals surface area contributed by atoms with Crippen molar-refractivity contribution in [2.45, 2.75) is 19.9 Å². The summed E-state index contributed by atoms with van der Waals surface area (Å²) in [6.45, 7) is 3.43. The van der Waals surface area contributed by atoms with Crippen LogP contribution in [-0.4, -0.2) is 22.9 Å². The summed E-state index contributed by atoms with van der Waals surface area (Å²) in [5.74, 6) is 0.516. The van der Waals surface area contributed by atoms with Gasteiger partial charge < -0.3 is 9.15 Å². The Balaban J connectivity index is 1.52. The van der Waals surface area contributed by atoms with Gasteiger partial charge in [0.05, 0.1) is 28.5 Å². The van der Waals surface area contributed by atoms with E-state index in [0.29, 0.717) is 42.7 Å². The van der Waals surface area contributed by atoms with Gasteiger partial charge in [-0.25, -0.2) is 9.79 Å². The van der Waals surface area contributed by atoms with E-state index in [9.17, 15) is 14.4 Å². The largest absolute Gasteiger partial charge is 0.463 e. The summed E-state index contributed by atoms with van der Waals surface area (Å²) in [6, 6.07) is 26.4. The zero-order valence-electron chi connectivity index (χ0n) is 23.2. The Bertz CT molecular complexity index is 2050. The van der Waals surface area contributed by atoms with Gasteiger partial charge in [0.25, 0.3) is 5.56 Å². The minimum absolute atomic E-state index is 0.0134. The first-order valence-corrected chi connectivity index (χ1v) is 14.8. The molecule has 5 aromatic rings. The molecule has 3 aromatic carbocycles. The van der Waals surface area contributed by atoms with Gasteiger partial charge in [-0.15, -0.1) is 0 Å². The molecule has 0 fully saturated rings. The number of nitrogens with zero attached hydrogens (tertiary/aromatic N) is 2. The van der Waals surface area contributed by atoms with Crippen molar-refractivity contribution in [1.29, 1.82) is 0 Å². The van der Waals surface area contributed by atoms with Crippen molar-refractivity contribution in [3.05, 3.63) is 144 Å². The third-order valence-corrected chi connectivity index (χ3v) is 8.27. The van der Waals surface area contributed by atoms with Gasteiger partial charge in [0.1, 0.15) is 11.5 Å². The topological polar surface area (TPSA) is 90.9 Å². The van der Waals surface area contributed by atoms with Gasteiger partial charge in [-0.1, -0.05) is 89.7 Å². The Kier molecular flexibility index (Phi) is 7.80. The number of Topliss-reactive ketones (excluding diaryl/α,β-unsaturated/α-hetero) is 1. The average Bonchev–Trinajstić information content (AvgIpc) is 3.61. The second-order valence-corrected chi connectivity index (χ2v) is 11.3. The van der Waals surface area contributed by atoms with Crippen LogP contribution >= 0.6 is 22.9 Å². The highest BCUT2D eigenvalue weighted by atomic mass is 35.5. The standard InChI is InChI=1S/C34H25ClN2O5S/c1-3-41-33(40)29-30(23-7-5-4-6-8-23)36-34-37(31(29)24-13-15-25(35)16-14-24)32(39)28(43-34)19-26-17-18-27(42-26)22-11-9-21(10-12-22)20(2)38/h4-19,31H,3H2,1-2H3/b28-19-/t31-/m0/s1. The molecular weight excluding hydrogens is 584 g/mol. The van der Waals surface area contributed by atoms with Crippen LogP contribution in [0.3, 0.4) is 0 Å². The zero-order valence-corrected chi connectivity index (χ0v) is 24.8. The van der Waals surface area contributed by atoms with Crippen molar-refractivity contribution in [2.75, 3.05) is 6.61 Å². The molecule has 3 heterocycles. The predicted octanol–water partition coefficient (Wildman–Crippen LogP) is 6.05. The second-order valence-electron chi connectivity index (χ2n) is 9.82. The summed E-state index contributed by atoms with van der Waals surface area (Å²) in [5.41, 5.74) is 3.24. The van der Waals surface area contributed by atoms with E-state index in [-0.39, 0.29) is 23.5 Å². The van der Waals surface area contributed by atoms with Crippen LogP contribution in [-0.2, 0) is 9.53 Å². The van der Waals surface area contributed by atoms with E-state index in [0.717, 1.165) is 11.1 Å². The third kappa shape index (κ3) is 5.55. The number of halogens is 1. The number of aromatic nitrogens is 1. The molecule has 1 aliphatic rings. The first kappa shape index (κ1) is 28.3. The van der Waals surface area contributed by atoms with Gasteiger partial charge in [0.15, 0.2) is 10.6 Å². The van der Waals surface area contributed by atoms with Crippen molar-refractivity contribution < 1.29 is 18.7 Å². The summed E-state index contributed by atoms with van der Waals surface area (Å²) < 4.78 is 13.5. The van der Waals surface area contributed by atoms with Crippen molar-refractivity contribution in [1.82, 2.24) is 4.57 Å². The number of carbonyl (C=O) groups is 2. The molecule has 1 atom stereocenters. The van der Waals surface area contributed by atoms with Crippen molar-refractivity contribution in [3.8, 4) is 11.3 Å².